The Hall–Kier alpha value is -1.91. The second-order valence-corrected chi connectivity index (χ2v) is 5.29. The van der Waals surface area contributed by atoms with Gasteiger partial charge in [0.25, 0.3) is 5.91 Å². The Morgan fingerprint density at radius 2 is 2.15 bits per heavy atom. The van der Waals surface area contributed by atoms with E-state index in [4.69, 9.17) is 4.74 Å². The van der Waals surface area contributed by atoms with Gasteiger partial charge in [-0.15, -0.1) is 0 Å². The highest BCUT2D eigenvalue weighted by molar-refractivity contribution is 5.83. The van der Waals surface area contributed by atoms with Crippen molar-refractivity contribution < 1.29 is 18.7 Å². The predicted molar refractivity (Wildman–Crippen MR) is 74.4 cm³/mol. The molecule has 0 radical (unpaired) electrons. The van der Waals surface area contributed by atoms with Crippen LogP contribution in [-0.4, -0.2) is 23.8 Å². The molecule has 0 aliphatic heterocycles. The molecule has 0 aromatic heterocycles. The fourth-order valence-corrected chi connectivity index (χ4v) is 1.49. The molecule has 1 aromatic rings. The molecular formula is C15H20FNO3. The summed E-state index contributed by atoms with van der Waals surface area (Å²) < 4.78 is 18.4. The van der Waals surface area contributed by atoms with Crippen LogP contribution in [0, 0.1) is 5.82 Å². The summed E-state index contributed by atoms with van der Waals surface area (Å²) in [5.41, 5.74) is -0.246. The summed E-state index contributed by atoms with van der Waals surface area (Å²) in [6, 6.07) is 3.60. The SMILES string of the molecule is CCC(C)(C)NC(=O)C(C)Oc1ccc(F)cc1C=O. The molecule has 1 aromatic carbocycles. The number of amides is 1. The number of benzene rings is 1. The Balaban J connectivity index is 2.78. The largest absolute Gasteiger partial charge is 0.480 e. The quantitative estimate of drug-likeness (QED) is 0.816. The van der Waals surface area contributed by atoms with E-state index < -0.39 is 11.9 Å². The molecule has 0 heterocycles. The maximum Gasteiger partial charge on any atom is 0.261 e. The first-order valence-electron chi connectivity index (χ1n) is 6.52. The zero-order valence-corrected chi connectivity index (χ0v) is 12.2. The zero-order chi connectivity index (χ0) is 15.3. The Morgan fingerprint density at radius 3 is 2.70 bits per heavy atom. The monoisotopic (exact) mass is 281 g/mol. The Labute approximate surface area is 118 Å². The summed E-state index contributed by atoms with van der Waals surface area (Å²) in [5.74, 6) is -0.611. The average molecular weight is 281 g/mol. The molecule has 5 heteroatoms. The molecule has 0 aliphatic carbocycles. The minimum Gasteiger partial charge on any atom is -0.480 e. The molecule has 110 valence electrons. The van der Waals surface area contributed by atoms with Crippen molar-refractivity contribution in [3.8, 4) is 5.75 Å². The molecule has 0 fully saturated rings. The maximum atomic E-state index is 13.0. The van der Waals surface area contributed by atoms with Crippen LogP contribution < -0.4 is 10.1 Å². The lowest BCUT2D eigenvalue weighted by molar-refractivity contribution is -0.129. The molecule has 1 atom stereocenters. The van der Waals surface area contributed by atoms with E-state index in [-0.39, 0.29) is 22.8 Å². The molecule has 1 N–H and O–H groups in total. The maximum absolute atomic E-state index is 13.0. The van der Waals surface area contributed by atoms with Crippen molar-refractivity contribution in [3.05, 3.63) is 29.6 Å². The van der Waals surface area contributed by atoms with E-state index in [9.17, 15) is 14.0 Å². The average Bonchev–Trinajstić information content (AvgIpc) is 2.40. The third kappa shape index (κ3) is 4.33. The van der Waals surface area contributed by atoms with E-state index in [0.717, 1.165) is 12.5 Å². The lowest BCUT2D eigenvalue weighted by Crippen LogP contribution is -2.48. The molecule has 0 spiro atoms. The Morgan fingerprint density at radius 1 is 1.50 bits per heavy atom. The van der Waals surface area contributed by atoms with Crippen LogP contribution >= 0.6 is 0 Å². The Bertz CT molecular complexity index is 500. The van der Waals surface area contributed by atoms with Crippen LogP contribution in [0.3, 0.4) is 0 Å². The first-order valence-corrected chi connectivity index (χ1v) is 6.52. The number of carbonyl (C=O) groups excluding carboxylic acids is 2. The number of hydrogen-bond donors (Lipinski definition) is 1. The topological polar surface area (TPSA) is 55.4 Å². The molecule has 20 heavy (non-hydrogen) atoms. The van der Waals surface area contributed by atoms with E-state index in [1.165, 1.54) is 12.1 Å². The Kier molecular flexibility index (Phi) is 5.25. The fraction of sp³-hybridized carbons (Fsp3) is 0.467. The van der Waals surface area contributed by atoms with E-state index in [2.05, 4.69) is 5.32 Å². The van der Waals surface area contributed by atoms with Crippen LogP contribution in [-0.2, 0) is 4.79 Å². The summed E-state index contributed by atoms with van der Waals surface area (Å²) in [5, 5.41) is 2.85. The number of halogens is 1. The van der Waals surface area contributed by atoms with Gasteiger partial charge in [-0.3, -0.25) is 9.59 Å². The standard InChI is InChI=1S/C15H20FNO3/c1-5-15(3,4)17-14(19)10(2)20-13-7-6-12(16)8-11(13)9-18/h6-10H,5H2,1-4H3,(H,17,19). The summed E-state index contributed by atoms with van der Waals surface area (Å²) in [7, 11) is 0. The summed E-state index contributed by atoms with van der Waals surface area (Å²) in [6.45, 7) is 7.37. The van der Waals surface area contributed by atoms with Crippen molar-refractivity contribution in [2.75, 3.05) is 0 Å². The first kappa shape index (κ1) is 16.1. The van der Waals surface area contributed by atoms with Crippen LogP contribution in [0.1, 0.15) is 44.5 Å². The normalized spacial score (nSPS) is 12.7. The van der Waals surface area contributed by atoms with Gasteiger partial charge in [-0.1, -0.05) is 6.92 Å². The van der Waals surface area contributed by atoms with Crippen LogP contribution in [0.4, 0.5) is 4.39 Å². The lowest BCUT2D eigenvalue weighted by atomic mass is 10.0. The van der Waals surface area contributed by atoms with E-state index in [1.807, 2.05) is 20.8 Å². The number of hydrogen-bond acceptors (Lipinski definition) is 3. The highest BCUT2D eigenvalue weighted by atomic mass is 19.1. The smallest absolute Gasteiger partial charge is 0.261 e. The van der Waals surface area contributed by atoms with Crippen LogP contribution in [0.2, 0.25) is 0 Å². The van der Waals surface area contributed by atoms with Gasteiger partial charge in [0.05, 0.1) is 5.56 Å². The summed E-state index contributed by atoms with van der Waals surface area (Å²) in [6.07, 6.45) is 0.505. The minimum atomic E-state index is -0.773. The van der Waals surface area contributed by atoms with Gasteiger partial charge in [0.1, 0.15) is 11.6 Å². The molecule has 1 amide bonds. The highest BCUT2D eigenvalue weighted by Gasteiger charge is 2.23. The van der Waals surface area contributed by atoms with Crippen molar-refractivity contribution in [3.63, 3.8) is 0 Å². The molecule has 4 nitrogen and oxygen atoms in total. The van der Waals surface area contributed by atoms with E-state index in [1.54, 1.807) is 6.92 Å². The van der Waals surface area contributed by atoms with Crippen molar-refractivity contribution in [2.24, 2.45) is 0 Å². The first-order chi connectivity index (χ1) is 9.29. The van der Waals surface area contributed by atoms with Gasteiger partial charge in [0.15, 0.2) is 12.4 Å². The predicted octanol–water partition coefficient (Wildman–Crippen LogP) is 2.71. The molecule has 0 aliphatic rings. The number of rotatable bonds is 6. The summed E-state index contributed by atoms with van der Waals surface area (Å²) >= 11 is 0. The van der Waals surface area contributed by atoms with Gasteiger partial charge >= 0.3 is 0 Å². The van der Waals surface area contributed by atoms with Gasteiger partial charge < -0.3 is 10.1 Å². The minimum absolute atomic E-state index is 0.0828. The van der Waals surface area contributed by atoms with Gasteiger partial charge in [-0.05, 0) is 45.4 Å². The fourth-order valence-electron chi connectivity index (χ4n) is 1.49. The third-order valence-corrected chi connectivity index (χ3v) is 3.12. The van der Waals surface area contributed by atoms with Crippen LogP contribution in [0.15, 0.2) is 18.2 Å². The van der Waals surface area contributed by atoms with Crippen molar-refractivity contribution in [1.82, 2.24) is 5.32 Å². The molecule has 1 rings (SSSR count). The van der Waals surface area contributed by atoms with Gasteiger partial charge in [0, 0.05) is 5.54 Å². The van der Waals surface area contributed by atoms with Gasteiger partial charge in [0.2, 0.25) is 0 Å². The lowest BCUT2D eigenvalue weighted by Gasteiger charge is -2.26. The molecule has 0 bridgehead atoms. The number of ether oxygens (including phenoxy) is 1. The van der Waals surface area contributed by atoms with Gasteiger partial charge in [-0.2, -0.15) is 0 Å². The van der Waals surface area contributed by atoms with Gasteiger partial charge in [-0.25, -0.2) is 4.39 Å². The third-order valence-electron chi connectivity index (χ3n) is 3.12. The molecular weight excluding hydrogens is 261 g/mol. The van der Waals surface area contributed by atoms with Crippen molar-refractivity contribution in [2.45, 2.75) is 45.8 Å². The van der Waals surface area contributed by atoms with Crippen molar-refractivity contribution >= 4 is 12.2 Å². The summed E-state index contributed by atoms with van der Waals surface area (Å²) in [4.78, 5) is 22.8. The second kappa shape index (κ2) is 6.50. The molecule has 0 saturated carbocycles. The molecule has 1 unspecified atom stereocenters. The van der Waals surface area contributed by atoms with Crippen molar-refractivity contribution in [1.29, 1.82) is 0 Å². The highest BCUT2D eigenvalue weighted by Crippen LogP contribution is 2.19. The number of nitrogens with one attached hydrogen (secondary N) is 1. The van der Waals surface area contributed by atoms with E-state index in [0.29, 0.717) is 6.29 Å². The zero-order valence-electron chi connectivity index (χ0n) is 12.2. The number of carbonyl (C=O) groups is 2. The second-order valence-electron chi connectivity index (χ2n) is 5.29. The molecule has 0 saturated heterocycles. The van der Waals surface area contributed by atoms with Crippen LogP contribution in [0.5, 0.6) is 5.75 Å². The number of aldehydes is 1. The van der Waals surface area contributed by atoms with Crippen LogP contribution in [0.25, 0.3) is 0 Å². The van der Waals surface area contributed by atoms with E-state index >= 15 is 0 Å².